The monoisotopic (exact) mass is 154 g/mol. The number of carbonyl (C=O) groups excluding carboxylic acids is 1. The van der Waals surface area contributed by atoms with E-state index in [1.807, 2.05) is 20.8 Å². The second kappa shape index (κ2) is 5.65. The molecule has 0 aliphatic rings. The van der Waals surface area contributed by atoms with Gasteiger partial charge in [-0.2, -0.15) is 0 Å². The molecule has 0 N–H and O–H groups in total. The summed E-state index contributed by atoms with van der Waals surface area (Å²) in [6.45, 7) is 5.82. The van der Waals surface area contributed by atoms with Gasteiger partial charge in [-0.1, -0.05) is 20.8 Å². The summed E-state index contributed by atoms with van der Waals surface area (Å²) in [4.78, 5) is 14.5. The van der Waals surface area contributed by atoms with E-state index in [0.29, 0.717) is 6.42 Å². The third kappa shape index (κ3) is 2.98. The number of nitrogens with zero attached hydrogens (tertiary/aromatic N) is 2. The van der Waals surface area contributed by atoms with E-state index in [4.69, 9.17) is 0 Å². The van der Waals surface area contributed by atoms with Gasteiger partial charge in [0.1, 0.15) is 6.33 Å². The summed E-state index contributed by atoms with van der Waals surface area (Å²) in [5, 5.41) is 0. The van der Waals surface area contributed by atoms with Crippen molar-refractivity contribution >= 4 is 5.91 Å². The Morgan fingerprint density at radius 3 is 2.55 bits per heavy atom. The largest absolute Gasteiger partial charge is 0.276 e. The number of imidazole rings is 1. The molecule has 62 valence electrons. The van der Waals surface area contributed by atoms with Gasteiger partial charge in [0.2, 0.25) is 5.91 Å². The number of rotatable bonds is 1. The van der Waals surface area contributed by atoms with Crippen molar-refractivity contribution in [3.05, 3.63) is 18.7 Å². The standard InChI is InChI=1S/C6H8N2O.C2H6/c1-2-6(9)8-4-3-7-5-8;1-2/h3-5H,2H2,1H3;1-2H3. The van der Waals surface area contributed by atoms with Crippen LogP contribution in [0.3, 0.4) is 0 Å². The Kier molecular flexibility index (Phi) is 5.07. The van der Waals surface area contributed by atoms with E-state index in [1.165, 1.54) is 10.9 Å². The highest BCUT2D eigenvalue weighted by molar-refractivity contribution is 5.78. The Labute approximate surface area is 67.1 Å². The molecule has 3 nitrogen and oxygen atoms in total. The van der Waals surface area contributed by atoms with E-state index in [9.17, 15) is 4.79 Å². The first-order valence-corrected chi connectivity index (χ1v) is 3.85. The van der Waals surface area contributed by atoms with Crippen molar-refractivity contribution in [3.63, 3.8) is 0 Å². The summed E-state index contributed by atoms with van der Waals surface area (Å²) in [5.74, 6) is 0.0764. The van der Waals surface area contributed by atoms with Gasteiger partial charge in [-0.15, -0.1) is 0 Å². The molecule has 0 aromatic carbocycles. The molecule has 1 rings (SSSR count). The topological polar surface area (TPSA) is 34.9 Å². The molecule has 0 fully saturated rings. The Morgan fingerprint density at radius 1 is 1.55 bits per heavy atom. The van der Waals surface area contributed by atoms with E-state index >= 15 is 0 Å². The predicted octanol–water partition coefficient (Wildman–Crippen LogP) is 1.96. The van der Waals surface area contributed by atoms with Crippen LogP contribution in [0.25, 0.3) is 0 Å². The normalized spacial score (nSPS) is 8.27. The smallest absolute Gasteiger partial charge is 0.231 e. The van der Waals surface area contributed by atoms with Gasteiger partial charge in [0, 0.05) is 18.8 Å². The van der Waals surface area contributed by atoms with E-state index in [-0.39, 0.29) is 5.91 Å². The highest BCUT2D eigenvalue weighted by Crippen LogP contribution is 1.88. The van der Waals surface area contributed by atoms with Gasteiger partial charge in [-0.3, -0.25) is 9.36 Å². The molecular formula is C8H14N2O. The van der Waals surface area contributed by atoms with Crippen molar-refractivity contribution in [1.82, 2.24) is 9.55 Å². The maximum Gasteiger partial charge on any atom is 0.231 e. The molecule has 0 radical (unpaired) electrons. The minimum absolute atomic E-state index is 0.0764. The molecule has 0 amide bonds. The van der Waals surface area contributed by atoms with Crippen molar-refractivity contribution in [2.24, 2.45) is 0 Å². The summed E-state index contributed by atoms with van der Waals surface area (Å²) < 4.78 is 1.47. The molecule has 0 saturated carbocycles. The first-order chi connectivity index (χ1) is 5.34. The van der Waals surface area contributed by atoms with Crippen LogP contribution in [0.2, 0.25) is 0 Å². The molecule has 0 aliphatic heterocycles. The molecule has 11 heavy (non-hydrogen) atoms. The van der Waals surface area contributed by atoms with Crippen LogP contribution in [0, 0.1) is 0 Å². The van der Waals surface area contributed by atoms with Gasteiger partial charge in [0.05, 0.1) is 0 Å². The Morgan fingerprint density at radius 2 is 2.18 bits per heavy atom. The Balaban J connectivity index is 0.000000461. The lowest BCUT2D eigenvalue weighted by Crippen LogP contribution is -2.05. The van der Waals surface area contributed by atoms with Crippen molar-refractivity contribution < 1.29 is 4.79 Å². The predicted molar refractivity (Wildman–Crippen MR) is 44.5 cm³/mol. The molecule has 1 heterocycles. The second-order valence-electron chi connectivity index (χ2n) is 1.72. The van der Waals surface area contributed by atoms with Crippen LogP contribution in [0.4, 0.5) is 0 Å². The molecule has 0 spiro atoms. The van der Waals surface area contributed by atoms with Crippen molar-refractivity contribution in [2.75, 3.05) is 0 Å². The first-order valence-electron chi connectivity index (χ1n) is 3.85. The van der Waals surface area contributed by atoms with Crippen LogP contribution in [-0.2, 0) is 0 Å². The average Bonchev–Trinajstić information content (AvgIpc) is 2.59. The number of hydrogen-bond acceptors (Lipinski definition) is 2. The van der Waals surface area contributed by atoms with Gasteiger partial charge in [-0.05, 0) is 0 Å². The quantitative estimate of drug-likeness (QED) is 0.619. The lowest BCUT2D eigenvalue weighted by atomic mass is 10.4. The first kappa shape index (κ1) is 9.88. The molecule has 1 aromatic heterocycles. The van der Waals surface area contributed by atoms with Crippen LogP contribution in [0.1, 0.15) is 32.0 Å². The lowest BCUT2D eigenvalue weighted by molar-refractivity contribution is 0.0908. The second-order valence-corrected chi connectivity index (χ2v) is 1.72. The zero-order valence-corrected chi connectivity index (χ0v) is 7.24. The van der Waals surface area contributed by atoms with E-state index in [1.54, 1.807) is 12.4 Å². The van der Waals surface area contributed by atoms with Gasteiger partial charge in [-0.25, -0.2) is 4.98 Å². The van der Waals surface area contributed by atoms with Crippen LogP contribution < -0.4 is 0 Å². The molecular weight excluding hydrogens is 140 g/mol. The highest BCUT2D eigenvalue weighted by Gasteiger charge is 1.96. The fraction of sp³-hybridized carbons (Fsp3) is 0.500. The maximum atomic E-state index is 10.8. The molecule has 0 saturated heterocycles. The van der Waals surface area contributed by atoms with Gasteiger partial charge < -0.3 is 0 Å². The molecule has 0 bridgehead atoms. The summed E-state index contributed by atoms with van der Waals surface area (Å²) in [7, 11) is 0. The van der Waals surface area contributed by atoms with E-state index in [0.717, 1.165) is 0 Å². The molecule has 3 heteroatoms. The molecule has 0 atom stereocenters. The Hall–Kier alpha value is -1.12. The van der Waals surface area contributed by atoms with Crippen LogP contribution in [0.15, 0.2) is 18.7 Å². The van der Waals surface area contributed by atoms with Crippen LogP contribution >= 0.6 is 0 Å². The number of carbonyl (C=O) groups is 1. The van der Waals surface area contributed by atoms with Crippen molar-refractivity contribution in [1.29, 1.82) is 0 Å². The SMILES string of the molecule is CC.CCC(=O)n1ccnc1. The zero-order chi connectivity index (χ0) is 8.69. The van der Waals surface area contributed by atoms with Gasteiger partial charge >= 0.3 is 0 Å². The molecule has 1 aromatic rings. The summed E-state index contributed by atoms with van der Waals surface area (Å²) >= 11 is 0. The maximum absolute atomic E-state index is 10.8. The van der Waals surface area contributed by atoms with E-state index in [2.05, 4.69) is 4.98 Å². The molecule has 0 aliphatic carbocycles. The van der Waals surface area contributed by atoms with E-state index < -0.39 is 0 Å². The van der Waals surface area contributed by atoms with Gasteiger partial charge in [0.25, 0.3) is 0 Å². The summed E-state index contributed by atoms with van der Waals surface area (Å²) in [6, 6.07) is 0. The van der Waals surface area contributed by atoms with Crippen LogP contribution in [0.5, 0.6) is 0 Å². The lowest BCUT2D eigenvalue weighted by Gasteiger charge is -1.92. The van der Waals surface area contributed by atoms with Gasteiger partial charge in [0.15, 0.2) is 0 Å². The minimum atomic E-state index is 0.0764. The highest BCUT2D eigenvalue weighted by atomic mass is 16.1. The summed E-state index contributed by atoms with van der Waals surface area (Å²) in [6.07, 6.45) is 5.27. The van der Waals surface area contributed by atoms with Crippen molar-refractivity contribution in [3.8, 4) is 0 Å². The number of hydrogen-bond donors (Lipinski definition) is 0. The Bertz CT molecular complexity index is 192. The van der Waals surface area contributed by atoms with Crippen LogP contribution in [-0.4, -0.2) is 15.5 Å². The minimum Gasteiger partial charge on any atom is -0.276 e. The van der Waals surface area contributed by atoms with Crippen molar-refractivity contribution in [2.45, 2.75) is 27.2 Å². The third-order valence-corrected chi connectivity index (χ3v) is 1.09. The number of aromatic nitrogens is 2. The summed E-state index contributed by atoms with van der Waals surface area (Å²) in [5.41, 5.74) is 0. The fourth-order valence-corrected chi connectivity index (χ4v) is 0.589. The molecule has 0 unspecified atom stereocenters. The third-order valence-electron chi connectivity index (χ3n) is 1.09. The zero-order valence-electron chi connectivity index (χ0n) is 7.24. The fourth-order valence-electron chi connectivity index (χ4n) is 0.589. The average molecular weight is 154 g/mol.